The molecule has 0 spiro atoms. The Kier molecular flexibility index (Phi) is 5.11. The Labute approximate surface area is 174 Å². The predicted octanol–water partition coefficient (Wildman–Crippen LogP) is 4.15. The number of anilines is 2. The van der Waals surface area contributed by atoms with Crippen molar-refractivity contribution in [2.45, 2.75) is 19.4 Å². The van der Waals surface area contributed by atoms with E-state index in [1.807, 2.05) is 43.4 Å². The first-order chi connectivity index (χ1) is 13.9. The van der Waals surface area contributed by atoms with Gasteiger partial charge in [-0.25, -0.2) is 9.99 Å². The van der Waals surface area contributed by atoms with Gasteiger partial charge in [0.2, 0.25) is 5.95 Å². The van der Waals surface area contributed by atoms with Crippen LogP contribution in [-0.2, 0) is 0 Å². The second-order valence-corrected chi connectivity index (χ2v) is 7.75. The zero-order valence-corrected chi connectivity index (χ0v) is 17.3. The molecule has 7 heteroatoms. The molecule has 1 atom stereocenters. The van der Waals surface area contributed by atoms with Gasteiger partial charge >= 0.3 is 0 Å². The molecule has 1 aliphatic rings. The minimum Gasteiger partial charge on any atom is -0.378 e. The standard InChI is InChI=1S/C22H22ClN5O/c1-14-12-21(29)25-22(24-14)28-20(16-6-10-18(11-7-16)27(2)3)13-19(26-28)15-4-8-17(23)9-5-15/h4-12,20H,13H2,1-3H3,(H,24,25,29)/t20-/m1/s1. The van der Waals surface area contributed by atoms with Crippen LogP contribution in [0.3, 0.4) is 0 Å². The highest BCUT2D eigenvalue weighted by Crippen LogP contribution is 2.35. The van der Waals surface area contributed by atoms with Gasteiger partial charge in [-0.2, -0.15) is 5.10 Å². The van der Waals surface area contributed by atoms with Crippen molar-refractivity contribution in [3.63, 3.8) is 0 Å². The quantitative estimate of drug-likeness (QED) is 0.705. The summed E-state index contributed by atoms with van der Waals surface area (Å²) >= 11 is 6.04. The highest BCUT2D eigenvalue weighted by molar-refractivity contribution is 6.30. The average molecular weight is 408 g/mol. The van der Waals surface area contributed by atoms with Crippen molar-refractivity contribution in [2.75, 3.05) is 24.0 Å². The number of aromatic amines is 1. The van der Waals surface area contributed by atoms with Crippen LogP contribution >= 0.6 is 11.6 Å². The smallest absolute Gasteiger partial charge is 0.252 e. The molecule has 0 fully saturated rings. The van der Waals surface area contributed by atoms with Crippen molar-refractivity contribution in [3.8, 4) is 0 Å². The Morgan fingerprint density at radius 2 is 1.79 bits per heavy atom. The lowest BCUT2D eigenvalue weighted by molar-refractivity contribution is 0.683. The molecule has 0 saturated carbocycles. The fourth-order valence-electron chi connectivity index (χ4n) is 3.45. The Bertz CT molecular complexity index is 1100. The van der Waals surface area contributed by atoms with E-state index in [1.54, 1.807) is 6.92 Å². The molecule has 29 heavy (non-hydrogen) atoms. The van der Waals surface area contributed by atoms with Gasteiger partial charge in [-0.3, -0.25) is 9.78 Å². The number of rotatable bonds is 4. The first-order valence-corrected chi connectivity index (χ1v) is 9.76. The van der Waals surface area contributed by atoms with Crippen molar-refractivity contribution in [1.29, 1.82) is 0 Å². The summed E-state index contributed by atoms with van der Waals surface area (Å²) in [7, 11) is 4.03. The van der Waals surface area contributed by atoms with E-state index < -0.39 is 0 Å². The van der Waals surface area contributed by atoms with Crippen molar-refractivity contribution < 1.29 is 0 Å². The Morgan fingerprint density at radius 1 is 1.10 bits per heavy atom. The lowest BCUT2D eigenvalue weighted by Gasteiger charge is -2.23. The molecule has 0 amide bonds. The lowest BCUT2D eigenvalue weighted by Crippen LogP contribution is -2.24. The van der Waals surface area contributed by atoms with Crippen LogP contribution in [0, 0.1) is 6.92 Å². The Hall–Kier alpha value is -3.12. The molecule has 3 aromatic rings. The molecule has 0 saturated heterocycles. The third-order valence-corrected chi connectivity index (χ3v) is 5.21. The highest BCUT2D eigenvalue weighted by atomic mass is 35.5. The largest absolute Gasteiger partial charge is 0.378 e. The van der Waals surface area contributed by atoms with Crippen LogP contribution in [-0.4, -0.2) is 29.8 Å². The number of hydrogen-bond donors (Lipinski definition) is 1. The number of aryl methyl sites for hydroxylation is 1. The van der Waals surface area contributed by atoms with Crippen LogP contribution in [0.25, 0.3) is 0 Å². The fraction of sp³-hybridized carbons (Fsp3) is 0.227. The van der Waals surface area contributed by atoms with E-state index in [-0.39, 0.29) is 11.6 Å². The summed E-state index contributed by atoms with van der Waals surface area (Å²) in [5.74, 6) is 0.445. The molecule has 1 aliphatic heterocycles. The summed E-state index contributed by atoms with van der Waals surface area (Å²) in [6, 6.07) is 17.4. The molecule has 4 rings (SSSR count). The zero-order chi connectivity index (χ0) is 20.5. The summed E-state index contributed by atoms with van der Waals surface area (Å²) in [5.41, 5.74) is 4.62. The Balaban J connectivity index is 1.76. The summed E-state index contributed by atoms with van der Waals surface area (Å²) in [5, 5.41) is 7.31. The number of halogens is 1. The van der Waals surface area contributed by atoms with Crippen LogP contribution in [0.2, 0.25) is 5.02 Å². The molecular weight excluding hydrogens is 386 g/mol. The number of aromatic nitrogens is 2. The summed E-state index contributed by atoms with van der Waals surface area (Å²) < 4.78 is 0. The third kappa shape index (κ3) is 4.03. The minimum atomic E-state index is -0.190. The maximum Gasteiger partial charge on any atom is 0.252 e. The average Bonchev–Trinajstić information content (AvgIpc) is 3.13. The number of nitrogens with one attached hydrogen (secondary N) is 1. The molecule has 2 aromatic carbocycles. The van der Waals surface area contributed by atoms with Crippen molar-refractivity contribution in [2.24, 2.45) is 5.10 Å². The fourth-order valence-corrected chi connectivity index (χ4v) is 3.57. The molecule has 0 unspecified atom stereocenters. The number of hydrazone groups is 1. The molecular formula is C22H22ClN5O. The van der Waals surface area contributed by atoms with Gasteiger partial charge in [0.15, 0.2) is 0 Å². The monoisotopic (exact) mass is 407 g/mol. The van der Waals surface area contributed by atoms with Crippen LogP contribution in [0.5, 0.6) is 0 Å². The van der Waals surface area contributed by atoms with Gasteiger partial charge in [-0.05, 0) is 42.3 Å². The summed E-state index contributed by atoms with van der Waals surface area (Å²) in [6.07, 6.45) is 0.695. The first kappa shape index (κ1) is 19.2. The predicted molar refractivity (Wildman–Crippen MR) is 118 cm³/mol. The van der Waals surface area contributed by atoms with Gasteiger partial charge in [0, 0.05) is 43.0 Å². The molecule has 148 valence electrons. The maximum atomic E-state index is 12.0. The third-order valence-electron chi connectivity index (χ3n) is 4.96. The first-order valence-electron chi connectivity index (χ1n) is 9.38. The molecule has 2 heterocycles. The number of benzene rings is 2. The van der Waals surface area contributed by atoms with E-state index in [1.165, 1.54) is 6.07 Å². The zero-order valence-electron chi connectivity index (χ0n) is 16.6. The second-order valence-electron chi connectivity index (χ2n) is 7.31. The molecule has 1 N–H and O–H groups in total. The van der Waals surface area contributed by atoms with Crippen molar-refractivity contribution >= 4 is 28.9 Å². The SMILES string of the molecule is Cc1cc(=O)[nH]c(N2N=C(c3ccc(Cl)cc3)C[C@@H]2c2ccc(N(C)C)cc2)n1. The highest BCUT2D eigenvalue weighted by Gasteiger charge is 2.31. The van der Waals surface area contributed by atoms with Gasteiger partial charge in [0.25, 0.3) is 5.56 Å². The van der Waals surface area contributed by atoms with Gasteiger partial charge in [-0.1, -0.05) is 35.9 Å². The molecule has 6 nitrogen and oxygen atoms in total. The maximum absolute atomic E-state index is 12.0. The van der Waals surface area contributed by atoms with Crippen molar-refractivity contribution in [1.82, 2.24) is 9.97 Å². The van der Waals surface area contributed by atoms with Gasteiger partial charge in [0.05, 0.1) is 11.8 Å². The van der Waals surface area contributed by atoms with Crippen molar-refractivity contribution in [3.05, 3.63) is 86.8 Å². The molecule has 0 aliphatic carbocycles. The van der Waals surface area contributed by atoms with E-state index in [2.05, 4.69) is 39.1 Å². The van der Waals surface area contributed by atoms with Gasteiger partial charge in [0.1, 0.15) is 0 Å². The molecule has 0 bridgehead atoms. The van der Waals surface area contributed by atoms with Crippen LogP contribution in [0.4, 0.5) is 11.6 Å². The van der Waals surface area contributed by atoms with Crippen LogP contribution in [0.1, 0.15) is 29.3 Å². The number of H-pyrrole nitrogens is 1. The number of nitrogens with zero attached hydrogens (tertiary/aromatic N) is 4. The number of hydrogen-bond acceptors (Lipinski definition) is 5. The van der Waals surface area contributed by atoms with Crippen LogP contribution < -0.4 is 15.5 Å². The van der Waals surface area contributed by atoms with E-state index in [0.29, 0.717) is 23.1 Å². The molecule has 1 aromatic heterocycles. The Morgan fingerprint density at radius 3 is 2.41 bits per heavy atom. The lowest BCUT2D eigenvalue weighted by atomic mass is 9.98. The normalized spacial score (nSPS) is 16.1. The van der Waals surface area contributed by atoms with E-state index in [0.717, 1.165) is 22.5 Å². The van der Waals surface area contributed by atoms with E-state index in [9.17, 15) is 4.79 Å². The van der Waals surface area contributed by atoms with Crippen LogP contribution in [0.15, 0.2) is 64.5 Å². The van der Waals surface area contributed by atoms with E-state index >= 15 is 0 Å². The van der Waals surface area contributed by atoms with E-state index in [4.69, 9.17) is 16.7 Å². The molecule has 0 radical (unpaired) electrons. The second kappa shape index (κ2) is 7.72. The summed E-state index contributed by atoms with van der Waals surface area (Å²) in [6.45, 7) is 1.81. The summed E-state index contributed by atoms with van der Waals surface area (Å²) in [4.78, 5) is 21.4. The minimum absolute atomic E-state index is 0.0677. The van der Waals surface area contributed by atoms with Gasteiger partial charge in [-0.15, -0.1) is 0 Å². The topological polar surface area (TPSA) is 64.6 Å². The van der Waals surface area contributed by atoms with Gasteiger partial charge < -0.3 is 4.90 Å².